The zero-order valence-electron chi connectivity index (χ0n) is 13.2. The predicted octanol–water partition coefficient (Wildman–Crippen LogP) is 5.39. The maximum Gasteiger partial charge on any atom is 0.226 e. The van der Waals surface area contributed by atoms with Crippen LogP contribution in [0.15, 0.2) is 40.9 Å². The van der Waals surface area contributed by atoms with Crippen molar-refractivity contribution in [3.63, 3.8) is 0 Å². The van der Waals surface area contributed by atoms with Crippen LogP contribution in [0.5, 0.6) is 0 Å². The second-order valence-electron chi connectivity index (χ2n) is 5.45. The minimum absolute atomic E-state index is 0.0278. The van der Waals surface area contributed by atoms with Crippen LogP contribution in [-0.4, -0.2) is 11.0 Å². The van der Waals surface area contributed by atoms with Crippen LogP contribution in [-0.2, 0) is 4.79 Å². The van der Waals surface area contributed by atoms with Gasteiger partial charge in [0.1, 0.15) is 0 Å². The van der Waals surface area contributed by atoms with Crippen LogP contribution in [0.3, 0.4) is 0 Å². The third-order valence-corrected chi connectivity index (χ3v) is 4.53. The van der Waals surface area contributed by atoms with E-state index in [1.165, 1.54) is 6.42 Å². The molecule has 2 rings (SSSR count). The summed E-state index contributed by atoms with van der Waals surface area (Å²) in [5.41, 5.74) is 0.889. The Hall–Kier alpha value is -1.46. The second-order valence-corrected chi connectivity index (χ2v) is 6.72. The van der Waals surface area contributed by atoms with E-state index in [-0.39, 0.29) is 5.91 Å². The molecule has 0 saturated heterocycles. The number of unbranched alkanes of at least 4 members (excludes halogenated alkanes) is 3. The second kappa shape index (κ2) is 8.99. The van der Waals surface area contributed by atoms with E-state index < -0.39 is 0 Å². The van der Waals surface area contributed by atoms with Crippen molar-refractivity contribution >= 4 is 55.6 Å². The van der Waals surface area contributed by atoms with Crippen molar-refractivity contribution in [1.29, 1.82) is 0 Å². The first-order chi connectivity index (χ1) is 11.1. The summed E-state index contributed by atoms with van der Waals surface area (Å²) in [6.45, 7) is 2.15. The lowest BCUT2D eigenvalue weighted by Crippen LogP contribution is -2.33. The van der Waals surface area contributed by atoms with E-state index >= 15 is 0 Å². The molecule has 2 aromatic rings. The molecule has 0 unspecified atom stereocenters. The molecule has 0 atom stereocenters. The van der Waals surface area contributed by atoms with E-state index in [1.807, 2.05) is 36.4 Å². The summed E-state index contributed by atoms with van der Waals surface area (Å²) in [5.74, 6) is -0.0278. The highest BCUT2D eigenvalue weighted by Crippen LogP contribution is 2.29. The zero-order valence-corrected chi connectivity index (χ0v) is 15.6. The van der Waals surface area contributed by atoms with Gasteiger partial charge in [-0.1, -0.05) is 66.4 Å². The molecule has 0 fully saturated rings. The van der Waals surface area contributed by atoms with Crippen LogP contribution >= 0.6 is 28.1 Å². The molecule has 122 valence electrons. The number of carbonyl (C=O) groups is 1. The van der Waals surface area contributed by atoms with Gasteiger partial charge in [-0.15, -0.1) is 0 Å². The van der Waals surface area contributed by atoms with Gasteiger partial charge in [0.15, 0.2) is 5.11 Å². The first-order valence-electron chi connectivity index (χ1n) is 7.90. The molecular weight excluding hydrogens is 372 g/mol. The van der Waals surface area contributed by atoms with Gasteiger partial charge >= 0.3 is 0 Å². The Kier molecular flexibility index (Phi) is 6.99. The Bertz CT molecular complexity index is 702. The Morgan fingerprint density at radius 2 is 1.83 bits per heavy atom. The van der Waals surface area contributed by atoms with Gasteiger partial charge < -0.3 is 10.6 Å². The third-order valence-electron chi connectivity index (χ3n) is 3.63. The standard InChI is InChI=1S/C18H21BrN2OS/c1-2-3-4-5-10-17(22)21-18(23)20-16-12-11-15(19)13-8-6-7-9-14(13)16/h6-9,11-12H,2-5,10H2,1H3,(H2,20,21,22,23). The summed E-state index contributed by atoms with van der Waals surface area (Å²) >= 11 is 8.80. The number of hydrogen-bond acceptors (Lipinski definition) is 2. The monoisotopic (exact) mass is 392 g/mol. The van der Waals surface area contributed by atoms with Gasteiger partial charge in [-0.3, -0.25) is 4.79 Å². The Balaban J connectivity index is 1.96. The molecule has 2 N–H and O–H groups in total. The number of amides is 1. The van der Waals surface area contributed by atoms with Crippen LogP contribution in [0.2, 0.25) is 0 Å². The maximum atomic E-state index is 11.9. The molecule has 0 saturated carbocycles. The lowest BCUT2D eigenvalue weighted by Gasteiger charge is -2.12. The SMILES string of the molecule is CCCCCCC(=O)NC(=S)Nc1ccc(Br)c2ccccc12. The molecule has 2 aromatic carbocycles. The number of thiocarbonyl (C=S) groups is 1. The molecule has 3 nitrogen and oxygen atoms in total. The summed E-state index contributed by atoms with van der Waals surface area (Å²) in [5, 5.41) is 8.38. The van der Waals surface area contributed by atoms with Gasteiger partial charge in [0.25, 0.3) is 0 Å². The topological polar surface area (TPSA) is 41.1 Å². The fourth-order valence-electron chi connectivity index (χ4n) is 2.43. The minimum Gasteiger partial charge on any atom is -0.332 e. The van der Waals surface area contributed by atoms with Crippen LogP contribution < -0.4 is 10.6 Å². The van der Waals surface area contributed by atoms with Crippen molar-refractivity contribution in [3.8, 4) is 0 Å². The van der Waals surface area contributed by atoms with E-state index in [2.05, 4.69) is 33.5 Å². The molecule has 0 heterocycles. The highest BCUT2D eigenvalue weighted by atomic mass is 79.9. The average molecular weight is 393 g/mol. The molecule has 0 aliphatic rings. The summed E-state index contributed by atoms with van der Waals surface area (Å²) in [6, 6.07) is 12.0. The van der Waals surface area contributed by atoms with Gasteiger partial charge in [-0.2, -0.15) is 0 Å². The average Bonchev–Trinajstić information content (AvgIpc) is 2.54. The van der Waals surface area contributed by atoms with Crippen LogP contribution in [0.25, 0.3) is 10.8 Å². The van der Waals surface area contributed by atoms with Crippen molar-refractivity contribution in [1.82, 2.24) is 5.32 Å². The summed E-state index contributed by atoms with van der Waals surface area (Å²) in [7, 11) is 0. The molecule has 0 aromatic heterocycles. The van der Waals surface area contributed by atoms with E-state index in [9.17, 15) is 4.79 Å². The quantitative estimate of drug-likeness (QED) is 0.511. The van der Waals surface area contributed by atoms with Crippen molar-refractivity contribution in [2.75, 3.05) is 5.32 Å². The van der Waals surface area contributed by atoms with Gasteiger partial charge in [-0.25, -0.2) is 0 Å². The lowest BCUT2D eigenvalue weighted by atomic mass is 10.1. The van der Waals surface area contributed by atoms with Crippen molar-refractivity contribution < 1.29 is 4.79 Å². The number of rotatable bonds is 6. The van der Waals surface area contributed by atoms with E-state index in [1.54, 1.807) is 0 Å². The molecule has 0 bridgehead atoms. The largest absolute Gasteiger partial charge is 0.332 e. The van der Waals surface area contributed by atoms with Gasteiger partial charge in [0, 0.05) is 22.0 Å². The fraction of sp³-hybridized carbons (Fsp3) is 0.333. The number of nitrogens with one attached hydrogen (secondary N) is 2. The first kappa shape index (κ1) is 17.9. The summed E-state index contributed by atoms with van der Waals surface area (Å²) in [6.07, 6.45) is 4.84. The van der Waals surface area contributed by atoms with Gasteiger partial charge in [0.2, 0.25) is 5.91 Å². The maximum absolute atomic E-state index is 11.9. The van der Waals surface area contributed by atoms with E-state index in [0.29, 0.717) is 11.5 Å². The van der Waals surface area contributed by atoms with E-state index in [0.717, 1.165) is 40.2 Å². The van der Waals surface area contributed by atoms with Crippen LogP contribution in [0, 0.1) is 0 Å². The molecule has 0 aliphatic heterocycles. The highest BCUT2D eigenvalue weighted by Gasteiger charge is 2.08. The number of halogens is 1. The molecule has 0 radical (unpaired) electrons. The molecule has 1 amide bonds. The van der Waals surface area contributed by atoms with Crippen molar-refractivity contribution in [3.05, 3.63) is 40.9 Å². The number of benzene rings is 2. The van der Waals surface area contributed by atoms with E-state index in [4.69, 9.17) is 12.2 Å². The Labute approximate surface area is 151 Å². The summed E-state index contributed by atoms with van der Waals surface area (Å²) in [4.78, 5) is 11.9. The molecule has 0 spiro atoms. The molecule has 23 heavy (non-hydrogen) atoms. The van der Waals surface area contributed by atoms with Crippen molar-refractivity contribution in [2.45, 2.75) is 39.0 Å². The molecular formula is C18H21BrN2OS. The molecule has 5 heteroatoms. The lowest BCUT2D eigenvalue weighted by molar-refractivity contribution is -0.119. The smallest absolute Gasteiger partial charge is 0.226 e. The predicted molar refractivity (Wildman–Crippen MR) is 105 cm³/mol. The Morgan fingerprint density at radius 3 is 2.57 bits per heavy atom. The van der Waals surface area contributed by atoms with Crippen molar-refractivity contribution in [2.24, 2.45) is 0 Å². The normalized spacial score (nSPS) is 10.5. The number of hydrogen-bond donors (Lipinski definition) is 2. The Morgan fingerprint density at radius 1 is 1.09 bits per heavy atom. The van der Waals surface area contributed by atoms with Gasteiger partial charge in [0.05, 0.1) is 0 Å². The first-order valence-corrected chi connectivity index (χ1v) is 9.10. The summed E-state index contributed by atoms with van der Waals surface area (Å²) < 4.78 is 1.03. The number of carbonyl (C=O) groups excluding carboxylic acids is 1. The van der Waals surface area contributed by atoms with Crippen LogP contribution in [0.4, 0.5) is 5.69 Å². The third kappa shape index (κ3) is 5.29. The minimum atomic E-state index is -0.0278. The zero-order chi connectivity index (χ0) is 16.7. The highest BCUT2D eigenvalue weighted by molar-refractivity contribution is 9.10. The molecule has 0 aliphatic carbocycles. The number of anilines is 1. The van der Waals surface area contributed by atoms with Crippen LogP contribution in [0.1, 0.15) is 39.0 Å². The van der Waals surface area contributed by atoms with Gasteiger partial charge in [-0.05, 0) is 36.2 Å². The fourth-order valence-corrected chi connectivity index (χ4v) is 3.13. The number of fused-ring (bicyclic) bond motifs is 1.